The molecule has 4 heteroatoms. The zero-order valence-electron chi connectivity index (χ0n) is 15.7. The van der Waals surface area contributed by atoms with E-state index in [0.717, 1.165) is 19.0 Å². The van der Waals surface area contributed by atoms with Gasteiger partial charge in [0.25, 0.3) is 0 Å². The molecule has 0 amide bonds. The van der Waals surface area contributed by atoms with Crippen LogP contribution < -0.4 is 10.6 Å². The lowest BCUT2D eigenvalue weighted by atomic mass is 9.85. The molecule has 134 valence electrons. The number of nitrogens with one attached hydrogen (secondary N) is 2. The van der Waals surface area contributed by atoms with Crippen molar-refractivity contribution >= 4 is 5.96 Å². The first-order chi connectivity index (χ1) is 12.0. The molecule has 0 spiro atoms. The highest BCUT2D eigenvalue weighted by Gasteiger charge is 2.20. The van der Waals surface area contributed by atoms with E-state index in [1.54, 1.807) is 14.2 Å². The molecule has 0 heterocycles. The van der Waals surface area contributed by atoms with Gasteiger partial charge in [-0.1, -0.05) is 68.4 Å². The Balaban J connectivity index is 1.90. The Labute approximate surface area is 151 Å². The third-order valence-corrected chi connectivity index (χ3v) is 4.24. The van der Waals surface area contributed by atoms with Crippen LogP contribution in [0.2, 0.25) is 0 Å². The third-order valence-electron chi connectivity index (χ3n) is 4.24. The summed E-state index contributed by atoms with van der Waals surface area (Å²) in [5.41, 5.74) is 3.72. The van der Waals surface area contributed by atoms with E-state index < -0.39 is 0 Å². The highest BCUT2D eigenvalue weighted by atomic mass is 16.5. The van der Waals surface area contributed by atoms with Crippen LogP contribution in [0, 0.1) is 0 Å². The molecule has 0 saturated carbocycles. The van der Waals surface area contributed by atoms with Gasteiger partial charge in [-0.25, -0.2) is 0 Å². The summed E-state index contributed by atoms with van der Waals surface area (Å²) in [4.78, 5) is 4.33. The molecule has 2 rings (SSSR count). The summed E-state index contributed by atoms with van der Waals surface area (Å²) < 4.78 is 5.19. The maximum Gasteiger partial charge on any atom is 0.191 e. The molecule has 25 heavy (non-hydrogen) atoms. The van der Waals surface area contributed by atoms with Crippen LogP contribution in [0.5, 0.6) is 0 Å². The smallest absolute Gasteiger partial charge is 0.191 e. The molecule has 0 aromatic heterocycles. The van der Waals surface area contributed by atoms with Crippen LogP contribution in [0.3, 0.4) is 0 Å². The van der Waals surface area contributed by atoms with Crippen molar-refractivity contribution in [2.45, 2.75) is 32.4 Å². The summed E-state index contributed by atoms with van der Waals surface area (Å²) in [5, 5.41) is 6.81. The Bertz CT molecular complexity index is 681. The van der Waals surface area contributed by atoms with Gasteiger partial charge in [-0.05, 0) is 16.7 Å². The number of hydrogen-bond donors (Lipinski definition) is 2. The molecule has 0 fully saturated rings. The number of nitrogens with zero attached hydrogens (tertiary/aromatic N) is 1. The van der Waals surface area contributed by atoms with Crippen LogP contribution in [0.15, 0.2) is 59.6 Å². The molecule has 0 aliphatic heterocycles. The lowest BCUT2D eigenvalue weighted by Crippen LogP contribution is -2.43. The van der Waals surface area contributed by atoms with Crippen molar-refractivity contribution in [3.05, 3.63) is 71.3 Å². The molecule has 0 aliphatic rings. The summed E-state index contributed by atoms with van der Waals surface area (Å²) in [6, 6.07) is 18.9. The summed E-state index contributed by atoms with van der Waals surface area (Å²) in [7, 11) is 3.51. The summed E-state index contributed by atoms with van der Waals surface area (Å²) in [6.45, 7) is 6.63. The molecule has 0 radical (unpaired) electrons. The van der Waals surface area contributed by atoms with Crippen molar-refractivity contribution in [3.63, 3.8) is 0 Å². The van der Waals surface area contributed by atoms with Gasteiger partial charge in [0.1, 0.15) is 0 Å². The molecule has 0 saturated heterocycles. The number of rotatable bonds is 7. The standard InChI is InChI=1S/C21H29N3O/c1-21(2,19-11-6-5-7-12-19)16-24-20(22-3)23-14-17-9-8-10-18(13-17)15-25-4/h5-13H,14-16H2,1-4H3,(H2,22,23,24). The zero-order valence-corrected chi connectivity index (χ0v) is 15.7. The Hall–Kier alpha value is -2.33. The second-order valence-corrected chi connectivity index (χ2v) is 6.78. The minimum atomic E-state index is 0.0251. The third kappa shape index (κ3) is 5.91. The van der Waals surface area contributed by atoms with E-state index in [9.17, 15) is 0 Å². The average molecular weight is 339 g/mol. The van der Waals surface area contributed by atoms with Crippen molar-refractivity contribution < 1.29 is 4.74 Å². The molecular formula is C21H29N3O. The van der Waals surface area contributed by atoms with E-state index in [0.29, 0.717) is 6.61 Å². The predicted molar refractivity (Wildman–Crippen MR) is 105 cm³/mol. The Kier molecular flexibility index (Phi) is 7.02. The second-order valence-electron chi connectivity index (χ2n) is 6.78. The summed E-state index contributed by atoms with van der Waals surface area (Å²) in [6.07, 6.45) is 0. The van der Waals surface area contributed by atoms with E-state index in [2.05, 4.69) is 78.0 Å². The van der Waals surface area contributed by atoms with Crippen molar-refractivity contribution in [1.29, 1.82) is 0 Å². The molecule has 4 nitrogen and oxygen atoms in total. The summed E-state index contributed by atoms with van der Waals surface area (Å²) >= 11 is 0. The quantitative estimate of drug-likeness (QED) is 0.600. The highest BCUT2D eigenvalue weighted by molar-refractivity contribution is 5.79. The van der Waals surface area contributed by atoms with Crippen molar-refractivity contribution in [3.8, 4) is 0 Å². The zero-order chi connectivity index (χ0) is 18.1. The number of hydrogen-bond acceptors (Lipinski definition) is 2. The van der Waals surface area contributed by atoms with Gasteiger partial charge >= 0.3 is 0 Å². The van der Waals surface area contributed by atoms with Gasteiger partial charge in [0.05, 0.1) is 6.61 Å². The van der Waals surface area contributed by atoms with Crippen molar-refractivity contribution in [1.82, 2.24) is 10.6 Å². The van der Waals surface area contributed by atoms with Gasteiger partial charge in [0, 0.05) is 32.7 Å². The van der Waals surface area contributed by atoms with Crippen LogP contribution >= 0.6 is 0 Å². The topological polar surface area (TPSA) is 45.7 Å². The van der Waals surface area contributed by atoms with E-state index in [4.69, 9.17) is 4.74 Å². The Morgan fingerprint density at radius 3 is 2.40 bits per heavy atom. The van der Waals surface area contributed by atoms with Crippen LogP contribution in [0.1, 0.15) is 30.5 Å². The lowest BCUT2D eigenvalue weighted by molar-refractivity contribution is 0.185. The van der Waals surface area contributed by atoms with Gasteiger partial charge < -0.3 is 15.4 Å². The van der Waals surface area contributed by atoms with E-state index >= 15 is 0 Å². The first kappa shape index (κ1) is 19.0. The summed E-state index contributed by atoms with van der Waals surface area (Å²) in [5.74, 6) is 0.807. The first-order valence-electron chi connectivity index (χ1n) is 8.62. The Morgan fingerprint density at radius 1 is 1.00 bits per heavy atom. The van der Waals surface area contributed by atoms with Gasteiger partial charge in [0.2, 0.25) is 0 Å². The van der Waals surface area contributed by atoms with Crippen LogP contribution in [0.4, 0.5) is 0 Å². The predicted octanol–water partition coefficient (Wildman–Crippen LogP) is 3.48. The van der Waals surface area contributed by atoms with Gasteiger partial charge in [-0.15, -0.1) is 0 Å². The molecule has 0 atom stereocenters. The number of ether oxygens (including phenoxy) is 1. The van der Waals surface area contributed by atoms with Crippen LogP contribution in [-0.2, 0) is 23.3 Å². The minimum absolute atomic E-state index is 0.0251. The highest BCUT2D eigenvalue weighted by Crippen LogP contribution is 2.21. The fourth-order valence-electron chi connectivity index (χ4n) is 2.70. The van der Waals surface area contributed by atoms with E-state index in [1.165, 1.54) is 16.7 Å². The average Bonchev–Trinajstić information content (AvgIpc) is 2.63. The SMILES string of the molecule is CN=C(NCc1cccc(COC)c1)NCC(C)(C)c1ccccc1. The largest absolute Gasteiger partial charge is 0.380 e. The maximum absolute atomic E-state index is 5.19. The van der Waals surface area contributed by atoms with E-state index in [-0.39, 0.29) is 5.41 Å². The first-order valence-corrected chi connectivity index (χ1v) is 8.62. The van der Waals surface area contributed by atoms with Gasteiger partial charge in [-0.3, -0.25) is 4.99 Å². The number of methoxy groups -OCH3 is 1. The molecule has 0 aliphatic carbocycles. The van der Waals surface area contributed by atoms with Crippen LogP contribution in [-0.4, -0.2) is 26.7 Å². The molecule has 0 bridgehead atoms. The number of benzene rings is 2. The molecule has 0 unspecified atom stereocenters. The molecule has 2 aromatic rings. The molecule has 2 N–H and O–H groups in total. The van der Waals surface area contributed by atoms with Gasteiger partial charge in [0.15, 0.2) is 5.96 Å². The fraction of sp³-hybridized carbons (Fsp3) is 0.381. The fourth-order valence-corrected chi connectivity index (χ4v) is 2.70. The second kappa shape index (κ2) is 9.23. The van der Waals surface area contributed by atoms with Gasteiger partial charge in [-0.2, -0.15) is 0 Å². The Morgan fingerprint density at radius 2 is 1.72 bits per heavy atom. The lowest BCUT2D eigenvalue weighted by Gasteiger charge is -2.26. The monoisotopic (exact) mass is 339 g/mol. The number of guanidine groups is 1. The normalized spacial score (nSPS) is 12.1. The van der Waals surface area contributed by atoms with Crippen molar-refractivity contribution in [2.24, 2.45) is 4.99 Å². The van der Waals surface area contributed by atoms with Crippen molar-refractivity contribution in [2.75, 3.05) is 20.7 Å². The molecule has 2 aromatic carbocycles. The van der Waals surface area contributed by atoms with Crippen LogP contribution in [0.25, 0.3) is 0 Å². The van der Waals surface area contributed by atoms with E-state index in [1.807, 2.05) is 6.07 Å². The number of aliphatic imine (C=N–C) groups is 1. The maximum atomic E-state index is 5.19. The minimum Gasteiger partial charge on any atom is -0.380 e. The molecular weight excluding hydrogens is 310 g/mol.